The van der Waals surface area contributed by atoms with Crippen molar-refractivity contribution < 1.29 is 18.7 Å². The molecule has 1 amide bonds. The second-order valence-corrected chi connectivity index (χ2v) is 6.45. The van der Waals surface area contributed by atoms with E-state index in [9.17, 15) is 14.0 Å². The highest BCUT2D eigenvalue weighted by molar-refractivity contribution is 8.00. The Kier molecular flexibility index (Phi) is 7.47. The van der Waals surface area contributed by atoms with Crippen molar-refractivity contribution in [3.05, 3.63) is 66.0 Å². The van der Waals surface area contributed by atoms with Crippen molar-refractivity contribution in [2.24, 2.45) is 0 Å². The zero-order valence-corrected chi connectivity index (χ0v) is 14.7. The fraction of sp³-hybridized carbons (Fsp3) is 0.263. The number of hydrogen-bond donors (Lipinski definition) is 1. The second kappa shape index (κ2) is 9.84. The fourth-order valence-corrected chi connectivity index (χ4v) is 2.77. The molecule has 4 nitrogen and oxygen atoms in total. The lowest BCUT2D eigenvalue weighted by atomic mass is 10.1. The number of thioether (sulfide) groups is 1. The maximum absolute atomic E-state index is 12.8. The van der Waals surface area contributed by atoms with E-state index < -0.39 is 12.1 Å². The van der Waals surface area contributed by atoms with Gasteiger partial charge >= 0.3 is 5.97 Å². The lowest BCUT2D eigenvalue weighted by Crippen LogP contribution is -2.37. The summed E-state index contributed by atoms with van der Waals surface area (Å²) in [7, 11) is 0. The zero-order valence-electron chi connectivity index (χ0n) is 13.9. The van der Waals surface area contributed by atoms with Crippen LogP contribution >= 0.6 is 11.8 Å². The first-order chi connectivity index (χ1) is 12.0. The molecule has 2 aromatic rings. The van der Waals surface area contributed by atoms with Gasteiger partial charge in [-0.3, -0.25) is 9.59 Å². The highest BCUT2D eigenvalue weighted by Crippen LogP contribution is 2.17. The average Bonchev–Trinajstić information content (AvgIpc) is 2.62. The van der Waals surface area contributed by atoms with E-state index in [1.54, 1.807) is 12.1 Å². The molecular formula is C19H20FNO3S. The summed E-state index contributed by atoms with van der Waals surface area (Å²) in [5.41, 5.74) is 0.922. The van der Waals surface area contributed by atoms with Crippen LogP contribution in [0.1, 0.15) is 12.5 Å². The van der Waals surface area contributed by atoms with Crippen molar-refractivity contribution in [3.63, 3.8) is 0 Å². The third kappa shape index (κ3) is 6.97. The molecule has 6 heteroatoms. The van der Waals surface area contributed by atoms with Crippen LogP contribution in [0.2, 0.25) is 0 Å². The SMILES string of the molecule is C[C@H](OC(=O)CSc1ccccc1)C(=O)NCCc1ccc(F)cc1. The number of halogens is 1. The Labute approximate surface area is 150 Å². The summed E-state index contributed by atoms with van der Waals surface area (Å²) in [4.78, 5) is 24.7. The fourth-order valence-electron chi connectivity index (χ4n) is 2.07. The largest absolute Gasteiger partial charge is 0.452 e. The molecule has 25 heavy (non-hydrogen) atoms. The first-order valence-corrected chi connectivity index (χ1v) is 8.92. The molecule has 0 fully saturated rings. The number of carbonyl (C=O) groups excluding carboxylic acids is 2. The van der Waals surface area contributed by atoms with E-state index in [1.807, 2.05) is 30.3 Å². The van der Waals surface area contributed by atoms with Crippen molar-refractivity contribution in [3.8, 4) is 0 Å². The molecule has 0 spiro atoms. The first kappa shape index (κ1) is 19.0. The predicted molar refractivity (Wildman–Crippen MR) is 95.8 cm³/mol. The summed E-state index contributed by atoms with van der Waals surface area (Å²) in [5, 5.41) is 2.71. The van der Waals surface area contributed by atoms with Crippen molar-refractivity contribution in [2.45, 2.75) is 24.3 Å². The number of hydrogen-bond acceptors (Lipinski definition) is 4. The van der Waals surface area contributed by atoms with Crippen LogP contribution < -0.4 is 5.32 Å². The molecule has 0 heterocycles. The summed E-state index contributed by atoms with van der Waals surface area (Å²) in [6.07, 6.45) is -0.270. The van der Waals surface area contributed by atoms with E-state index in [0.717, 1.165) is 10.5 Å². The number of esters is 1. The lowest BCUT2D eigenvalue weighted by molar-refractivity contribution is -0.152. The van der Waals surface area contributed by atoms with Gasteiger partial charge in [-0.1, -0.05) is 30.3 Å². The van der Waals surface area contributed by atoms with Gasteiger partial charge in [-0.15, -0.1) is 11.8 Å². The van der Waals surface area contributed by atoms with Gasteiger partial charge in [-0.25, -0.2) is 4.39 Å². The van der Waals surface area contributed by atoms with Crippen molar-refractivity contribution in [1.29, 1.82) is 0 Å². The summed E-state index contributed by atoms with van der Waals surface area (Å²) in [6, 6.07) is 15.6. The van der Waals surface area contributed by atoms with E-state index >= 15 is 0 Å². The highest BCUT2D eigenvalue weighted by Gasteiger charge is 2.17. The standard InChI is InChI=1S/C19H20FNO3S/c1-14(24-18(22)13-25-17-5-3-2-4-6-17)19(23)21-12-11-15-7-9-16(20)10-8-15/h2-10,14H,11-13H2,1H3,(H,21,23)/t14-/m0/s1. The topological polar surface area (TPSA) is 55.4 Å². The van der Waals surface area contributed by atoms with Crippen LogP contribution in [0.25, 0.3) is 0 Å². The summed E-state index contributed by atoms with van der Waals surface area (Å²) in [5.74, 6) is -0.922. The minimum absolute atomic E-state index is 0.150. The maximum Gasteiger partial charge on any atom is 0.317 e. The van der Waals surface area contributed by atoms with Gasteiger partial charge in [0, 0.05) is 11.4 Å². The molecule has 0 radical (unpaired) electrons. The smallest absolute Gasteiger partial charge is 0.317 e. The predicted octanol–water partition coefficient (Wildman–Crippen LogP) is 3.21. The molecule has 0 unspecified atom stereocenters. The molecule has 1 atom stereocenters. The van der Waals surface area contributed by atoms with E-state index in [1.165, 1.54) is 30.8 Å². The van der Waals surface area contributed by atoms with Gasteiger partial charge in [0.25, 0.3) is 5.91 Å². The van der Waals surface area contributed by atoms with Gasteiger partial charge in [0.1, 0.15) is 5.82 Å². The summed E-state index contributed by atoms with van der Waals surface area (Å²) < 4.78 is 17.9. The Morgan fingerprint density at radius 2 is 1.80 bits per heavy atom. The van der Waals surface area contributed by atoms with Gasteiger partial charge in [-0.05, 0) is 43.2 Å². The van der Waals surface area contributed by atoms with Crippen LogP contribution in [0.15, 0.2) is 59.5 Å². The summed E-state index contributed by atoms with van der Waals surface area (Å²) >= 11 is 1.36. The highest BCUT2D eigenvalue weighted by atomic mass is 32.2. The molecule has 2 aromatic carbocycles. The molecule has 0 saturated heterocycles. The van der Waals surface area contributed by atoms with E-state index in [-0.39, 0.29) is 17.5 Å². The molecule has 0 aliphatic carbocycles. The Hall–Kier alpha value is -2.34. The van der Waals surface area contributed by atoms with Gasteiger partial charge < -0.3 is 10.1 Å². The molecule has 0 aliphatic heterocycles. The second-order valence-electron chi connectivity index (χ2n) is 5.40. The number of carbonyl (C=O) groups is 2. The van der Waals surface area contributed by atoms with E-state index in [4.69, 9.17) is 4.74 Å². The molecule has 1 N–H and O–H groups in total. The molecular weight excluding hydrogens is 341 g/mol. The normalized spacial score (nSPS) is 11.6. The Morgan fingerprint density at radius 3 is 2.48 bits per heavy atom. The monoisotopic (exact) mass is 361 g/mol. The number of rotatable bonds is 8. The minimum atomic E-state index is -0.850. The van der Waals surface area contributed by atoms with Crippen LogP contribution in [0.5, 0.6) is 0 Å². The quantitative estimate of drug-likeness (QED) is 0.579. The van der Waals surface area contributed by atoms with E-state index in [0.29, 0.717) is 13.0 Å². The van der Waals surface area contributed by atoms with Crippen LogP contribution in [0, 0.1) is 5.82 Å². The van der Waals surface area contributed by atoms with Gasteiger partial charge in [-0.2, -0.15) is 0 Å². The number of nitrogens with one attached hydrogen (secondary N) is 1. The number of benzene rings is 2. The maximum atomic E-state index is 12.8. The third-order valence-corrected chi connectivity index (χ3v) is 4.39. The van der Waals surface area contributed by atoms with Crippen LogP contribution in [0.4, 0.5) is 4.39 Å². The lowest BCUT2D eigenvalue weighted by Gasteiger charge is -2.13. The van der Waals surface area contributed by atoms with Crippen LogP contribution in [0.3, 0.4) is 0 Å². The van der Waals surface area contributed by atoms with Crippen LogP contribution in [-0.4, -0.2) is 30.3 Å². The van der Waals surface area contributed by atoms with Gasteiger partial charge in [0.2, 0.25) is 0 Å². The van der Waals surface area contributed by atoms with Crippen molar-refractivity contribution in [2.75, 3.05) is 12.3 Å². The van der Waals surface area contributed by atoms with Gasteiger partial charge in [0.15, 0.2) is 6.10 Å². The average molecular weight is 361 g/mol. The molecule has 2 rings (SSSR count). The third-order valence-electron chi connectivity index (χ3n) is 3.40. The molecule has 0 aromatic heterocycles. The number of ether oxygens (including phenoxy) is 1. The zero-order chi connectivity index (χ0) is 18.1. The Bertz CT molecular complexity index is 692. The van der Waals surface area contributed by atoms with Gasteiger partial charge in [0.05, 0.1) is 5.75 Å². The Morgan fingerprint density at radius 1 is 1.12 bits per heavy atom. The first-order valence-electron chi connectivity index (χ1n) is 7.94. The molecule has 0 saturated carbocycles. The molecule has 0 bridgehead atoms. The van der Waals surface area contributed by atoms with Crippen molar-refractivity contribution in [1.82, 2.24) is 5.32 Å². The molecule has 0 aliphatic rings. The van der Waals surface area contributed by atoms with E-state index in [2.05, 4.69) is 5.32 Å². The van der Waals surface area contributed by atoms with Crippen molar-refractivity contribution >= 4 is 23.6 Å². The number of amides is 1. The summed E-state index contributed by atoms with van der Waals surface area (Å²) in [6.45, 7) is 1.93. The Balaban J connectivity index is 1.66. The van der Waals surface area contributed by atoms with Crippen LogP contribution in [-0.2, 0) is 20.7 Å². The molecule has 132 valence electrons. The minimum Gasteiger partial charge on any atom is -0.452 e.